The highest BCUT2D eigenvalue weighted by atomic mass is 16.1. The molecule has 5 heteroatoms. The van der Waals surface area contributed by atoms with Crippen molar-refractivity contribution in [2.24, 2.45) is 7.05 Å². The second-order valence-electron chi connectivity index (χ2n) is 4.10. The number of benzene rings is 1. The fourth-order valence-electron chi connectivity index (χ4n) is 1.85. The van der Waals surface area contributed by atoms with Crippen LogP contribution in [-0.2, 0) is 7.05 Å². The summed E-state index contributed by atoms with van der Waals surface area (Å²) in [6.07, 6.45) is 5.10. The highest BCUT2D eigenvalue weighted by Gasteiger charge is 2.03. The van der Waals surface area contributed by atoms with Gasteiger partial charge in [0.2, 0.25) is 0 Å². The molecule has 18 heavy (non-hydrogen) atoms. The van der Waals surface area contributed by atoms with Crippen molar-refractivity contribution in [2.45, 2.75) is 0 Å². The molecule has 0 unspecified atom stereocenters. The van der Waals surface area contributed by atoms with Crippen LogP contribution in [0.25, 0.3) is 10.9 Å². The monoisotopic (exact) mass is 240 g/mol. The van der Waals surface area contributed by atoms with Gasteiger partial charge in [-0.1, -0.05) is 6.07 Å². The van der Waals surface area contributed by atoms with E-state index in [9.17, 15) is 4.79 Å². The van der Waals surface area contributed by atoms with E-state index in [2.05, 4.69) is 15.3 Å². The predicted molar refractivity (Wildman–Crippen MR) is 71.1 cm³/mol. The Labute approximate surface area is 103 Å². The van der Waals surface area contributed by atoms with Crippen molar-refractivity contribution in [3.63, 3.8) is 0 Å². The van der Waals surface area contributed by atoms with Gasteiger partial charge in [0.05, 0.1) is 0 Å². The Kier molecular flexibility index (Phi) is 2.37. The maximum atomic E-state index is 11.8. The molecule has 0 atom stereocenters. The summed E-state index contributed by atoms with van der Waals surface area (Å²) in [4.78, 5) is 19.0. The first-order valence-corrected chi connectivity index (χ1v) is 5.60. The molecule has 2 aromatic heterocycles. The maximum absolute atomic E-state index is 11.8. The van der Waals surface area contributed by atoms with Gasteiger partial charge in [-0.25, -0.2) is 4.98 Å². The molecule has 0 fully saturated rings. The third kappa shape index (κ3) is 1.75. The number of nitrogens with one attached hydrogen (secondary N) is 2. The van der Waals surface area contributed by atoms with Crippen molar-refractivity contribution >= 4 is 22.4 Å². The smallest absolute Gasteiger partial charge is 0.293 e. The third-order valence-electron chi connectivity index (χ3n) is 2.83. The molecule has 3 aromatic rings. The van der Waals surface area contributed by atoms with Crippen LogP contribution in [-0.4, -0.2) is 14.5 Å². The number of rotatable bonds is 2. The zero-order valence-electron chi connectivity index (χ0n) is 9.84. The van der Waals surface area contributed by atoms with Gasteiger partial charge < -0.3 is 14.9 Å². The molecule has 0 saturated carbocycles. The molecule has 0 aliphatic carbocycles. The number of anilines is 2. The normalized spacial score (nSPS) is 10.7. The van der Waals surface area contributed by atoms with Crippen LogP contribution in [0.1, 0.15) is 0 Å². The van der Waals surface area contributed by atoms with E-state index in [1.165, 1.54) is 4.57 Å². The van der Waals surface area contributed by atoms with Crippen molar-refractivity contribution in [3.8, 4) is 0 Å². The standard InChI is InChI=1S/C13H12N4O/c1-17-7-6-15-12(13(17)18)16-10-3-2-9-4-5-14-11(9)8-10/h2-8,14H,1H3,(H,15,16). The minimum absolute atomic E-state index is 0.149. The number of hydrogen-bond acceptors (Lipinski definition) is 3. The molecule has 0 aliphatic rings. The van der Waals surface area contributed by atoms with E-state index >= 15 is 0 Å². The van der Waals surface area contributed by atoms with Crippen molar-refractivity contribution in [3.05, 3.63) is 53.2 Å². The Morgan fingerprint density at radius 3 is 3.11 bits per heavy atom. The van der Waals surface area contributed by atoms with Crippen LogP contribution in [0.2, 0.25) is 0 Å². The van der Waals surface area contributed by atoms with Crippen LogP contribution in [0.3, 0.4) is 0 Å². The van der Waals surface area contributed by atoms with E-state index < -0.39 is 0 Å². The van der Waals surface area contributed by atoms with Crippen LogP contribution >= 0.6 is 0 Å². The molecule has 1 aromatic carbocycles. The molecule has 3 rings (SSSR count). The topological polar surface area (TPSA) is 62.7 Å². The van der Waals surface area contributed by atoms with Crippen LogP contribution in [0.5, 0.6) is 0 Å². The molecule has 2 heterocycles. The molecule has 90 valence electrons. The lowest BCUT2D eigenvalue weighted by molar-refractivity contribution is 0.845. The van der Waals surface area contributed by atoms with Gasteiger partial charge in [-0.2, -0.15) is 0 Å². The average Bonchev–Trinajstić information content (AvgIpc) is 2.82. The van der Waals surface area contributed by atoms with E-state index in [-0.39, 0.29) is 5.56 Å². The summed E-state index contributed by atoms with van der Waals surface area (Å²) < 4.78 is 1.49. The zero-order valence-corrected chi connectivity index (χ0v) is 9.84. The van der Waals surface area contributed by atoms with Gasteiger partial charge in [-0.15, -0.1) is 0 Å². The number of nitrogens with zero attached hydrogens (tertiary/aromatic N) is 2. The SMILES string of the molecule is Cn1ccnc(Nc2ccc3cc[nH]c3c2)c1=O. The summed E-state index contributed by atoms with van der Waals surface area (Å²) >= 11 is 0. The Morgan fingerprint density at radius 2 is 2.22 bits per heavy atom. The fourth-order valence-corrected chi connectivity index (χ4v) is 1.85. The highest BCUT2D eigenvalue weighted by Crippen LogP contribution is 2.19. The van der Waals surface area contributed by atoms with E-state index in [1.807, 2.05) is 30.5 Å². The van der Waals surface area contributed by atoms with Crippen molar-refractivity contribution in [1.82, 2.24) is 14.5 Å². The molecule has 5 nitrogen and oxygen atoms in total. The van der Waals surface area contributed by atoms with E-state index in [1.54, 1.807) is 19.4 Å². The Morgan fingerprint density at radius 1 is 1.33 bits per heavy atom. The molecular weight excluding hydrogens is 228 g/mol. The Balaban J connectivity index is 2.00. The molecule has 0 radical (unpaired) electrons. The van der Waals surface area contributed by atoms with Crippen molar-refractivity contribution in [2.75, 3.05) is 5.32 Å². The summed E-state index contributed by atoms with van der Waals surface area (Å²) in [5.74, 6) is 0.325. The molecule has 0 amide bonds. The van der Waals surface area contributed by atoms with E-state index in [4.69, 9.17) is 0 Å². The number of aromatic amines is 1. The summed E-state index contributed by atoms with van der Waals surface area (Å²) in [5.41, 5.74) is 1.71. The lowest BCUT2D eigenvalue weighted by atomic mass is 10.2. The lowest BCUT2D eigenvalue weighted by Gasteiger charge is -2.06. The van der Waals surface area contributed by atoms with Gasteiger partial charge in [0.25, 0.3) is 5.56 Å². The summed E-state index contributed by atoms with van der Waals surface area (Å²) in [6.45, 7) is 0. The second kappa shape index (κ2) is 4.03. The average molecular weight is 240 g/mol. The summed E-state index contributed by atoms with van der Waals surface area (Å²) in [5, 5.41) is 4.16. The van der Waals surface area contributed by atoms with Gasteiger partial charge in [0, 0.05) is 36.8 Å². The minimum Gasteiger partial charge on any atom is -0.361 e. The summed E-state index contributed by atoms with van der Waals surface area (Å²) in [6, 6.07) is 7.86. The van der Waals surface area contributed by atoms with Crippen molar-refractivity contribution in [1.29, 1.82) is 0 Å². The fraction of sp³-hybridized carbons (Fsp3) is 0.0769. The number of hydrogen-bond donors (Lipinski definition) is 2. The first-order valence-electron chi connectivity index (χ1n) is 5.60. The van der Waals surface area contributed by atoms with Gasteiger partial charge in [-0.05, 0) is 23.6 Å². The number of fused-ring (bicyclic) bond motifs is 1. The largest absolute Gasteiger partial charge is 0.361 e. The van der Waals surface area contributed by atoms with Gasteiger partial charge in [-0.3, -0.25) is 4.79 Å². The second-order valence-corrected chi connectivity index (χ2v) is 4.10. The number of aromatic nitrogens is 3. The molecule has 0 saturated heterocycles. The predicted octanol–water partition coefficient (Wildman–Crippen LogP) is 2.01. The molecule has 0 aliphatic heterocycles. The first kappa shape index (κ1) is 10.6. The number of aryl methyl sites for hydroxylation is 1. The molecule has 2 N–H and O–H groups in total. The molecule has 0 spiro atoms. The quantitative estimate of drug-likeness (QED) is 0.720. The van der Waals surface area contributed by atoms with Crippen LogP contribution in [0.4, 0.5) is 11.5 Å². The van der Waals surface area contributed by atoms with Crippen LogP contribution < -0.4 is 10.9 Å². The van der Waals surface area contributed by atoms with E-state index in [0.29, 0.717) is 5.82 Å². The zero-order chi connectivity index (χ0) is 12.5. The maximum Gasteiger partial charge on any atom is 0.293 e. The third-order valence-corrected chi connectivity index (χ3v) is 2.83. The Hall–Kier alpha value is -2.56. The van der Waals surface area contributed by atoms with Gasteiger partial charge in [0.15, 0.2) is 5.82 Å². The minimum atomic E-state index is -0.149. The number of H-pyrrole nitrogens is 1. The molecule has 0 bridgehead atoms. The summed E-state index contributed by atoms with van der Waals surface area (Å²) in [7, 11) is 1.70. The van der Waals surface area contributed by atoms with Crippen LogP contribution in [0.15, 0.2) is 47.7 Å². The first-order chi connectivity index (χ1) is 8.74. The molecular formula is C13H12N4O. The lowest BCUT2D eigenvalue weighted by Crippen LogP contribution is -2.20. The Bertz CT molecular complexity index is 757. The van der Waals surface area contributed by atoms with Gasteiger partial charge >= 0.3 is 0 Å². The van der Waals surface area contributed by atoms with E-state index in [0.717, 1.165) is 16.6 Å². The van der Waals surface area contributed by atoms with Crippen molar-refractivity contribution < 1.29 is 0 Å². The van der Waals surface area contributed by atoms with Gasteiger partial charge in [0.1, 0.15) is 0 Å². The highest BCUT2D eigenvalue weighted by molar-refractivity contribution is 5.83. The van der Waals surface area contributed by atoms with Crippen LogP contribution in [0, 0.1) is 0 Å².